The fraction of sp³-hybridized carbons (Fsp3) is 0.400. The van der Waals surface area contributed by atoms with Gasteiger partial charge < -0.3 is 15.8 Å². The predicted molar refractivity (Wildman–Crippen MR) is 81.4 cm³/mol. The molecule has 0 aliphatic heterocycles. The lowest BCUT2D eigenvalue weighted by molar-refractivity contribution is -0.116. The van der Waals surface area contributed by atoms with Gasteiger partial charge in [0.05, 0.1) is 0 Å². The van der Waals surface area contributed by atoms with Gasteiger partial charge in [-0.2, -0.15) is 0 Å². The molecule has 1 aromatic rings. The molecule has 21 heavy (non-hydrogen) atoms. The topological polar surface area (TPSA) is 90.8 Å². The summed E-state index contributed by atoms with van der Waals surface area (Å²) in [6.07, 6.45) is 2.85. The second-order valence-corrected chi connectivity index (χ2v) is 4.67. The second-order valence-electron chi connectivity index (χ2n) is 4.67. The third-order valence-electron chi connectivity index (χ3n) is 2.90. The average Bonchev–Trinajstić information content (AvgIpc) is 2.50. The van der Waals surface area contributed by atoms with Gasteiger partial charge in [0, 0.05) is 18.7 Å². The summed E-state index contributed by atoms with van der Waals surface area (Å²) in [5.74, 6) is -0.382. The molecule has 0 saturated carbocycles. The molecule has 0 bridgehead atoms. The standard InChI is InChI=1S/C15H21N3O3/c1-12(18-21)15(20)16-11-7-3-6-10-14(19)17-13-8-4-2-5-9-13/h2,4-5,8-9,21H,3,6-7,10-11H2,1H3,(H,16,20)(H,17,19)/b18-12+. The molecular weight excluding hydrogens is 270 g/mol. The van der Waals surface area contributed by atoms with Gasteiger partial charge in [-0.15, -0.1) is 0 Å². The number of hydrogen-bond donors (Lipinski definition) is 3. The van der Waals surface area contributed by atoms with Gasteiger partial charge in [0.15, 0.2) is 0 Å². The number of oxime groups is 1. The lowest BCUT2D eigenvalue weighted by Crippen LogP contribution is -2.30. The quantitative estimate of drug-likeness (QED) is 0.297. The van der Waals surface area contributed by atoms with E-state index in [0.717, 1.165) is 24.9 Å². The fourth-order valence-corrected chi connectivity index (χ4v) is 1.71. The first-order valence-corrected chi connectivity index (χ1v) is 6.95. The van der Waals surface area contributed by atoms with E-state index in [4.69, 9.17) is 5.21 Å². The summed E-state index contributed by atoms with van der Waals surface area (Å²) in [4.78, 5) is 22.9. The van der Waals surface area contributed by atoms with Crippen molar-refractivity contribution in [3.63, 3.8) is 0 Å². The highest BCUT2D eigenvalue weighted by molar-refractivity contribution is 6.37. The fourth-order valence-electron chi connectivity index (χ4n) is 1.71. The highest BCUT2D eigenvalue weighted by atomic mass is 16.4. The smallest absolute Gasteiger partial charge is 0.268 e. The number of rotatable bonds is 8. The number of nitrogens with zero attached hydrogens (tertiary/aromatic N) is 1. The normalized spacial score (nSPS) is 11.0. The van der Waals surface area contributed by atoms with Crippen molar-refractivity contribution < 1.29 is 14.8 Å². The van der Waals surface area contributed by atoms with Crippen LogP contribution in [0.5, 0.6) is 0 Å². The molecule has 114 valence electrons. The van der Waals surface area contributed by atoms with Crippen LogP contribution in [0.4, 0.5) is 5.69 Å². The lowest BCUT2D eigenvalue weighted by atomic mass is 10.2. The van der Waals surface area contributed by atoms with Gasteiger partial charge in [0.1, 0.15) is 5.71 Å². The summed E-state index contributed by atoms with van der Waals surface area (Å²) in [5.41, 5.74) is 0.839. The van der Waals surface area contributed by atoms with Gasteiger partial charge in [0.25, 0.3) is 5.91 Å². The molecule has 1 rings (SSSR count). The molecule has 1 aromatic carbocycles. The maximum absolute atomic E-state index is 11.7. The van der Waals surface area contributed by atoms with E-state index in [9.17, 15) is 9.59 Å². The first kappa shape index (κ1) is 16.7. The van der Waals surface area contributed by atoms with E-state index >= 15 is 0 Å². The number of benzene rings is 1. The Morgan fingerprint density at radius 1 is 1.14 bits per heavy atom. The largest absolute Gasteiger partial charge is 0.410 e. The number of anilines is 1. The summed E-state index contributed by atoms with van der Waals surface area (Å²) in [5, 5.41) is 16.7. The Hall–Kier alpha value is -2.37. The van der Waals surface area contributed by atoms with Crippen LogP contribution in [-0.4, -0.2) is 29.3 Å². The van der Waals surface area contributed by atoms with E-state index in [-0.39, 0.29) is 17.5 Å². The van der Waals surface area contributed by atoms with E-state index in [1.807, 2.05) is 30.3 Å². The number of carbonyl (C=O) groups excluding carboxylic acids is 2. The van der Waals surface area contributed by atoms with Gasteiger partial charge in [-0.25, -0.2) is 0 Å². The minimum atomic E-state index is -0.376. The maximum atomic E-state index is 11.7. The minimum absolute atomic E-state index is 0.00602. The second kappa shape index (κ2) is 9.52. The summed E-state index contributed by atoms with van der Waals surface area (Å²) in [7, 11) is 0. The summed E-state index contributed by atoms with van der Waals surface area (Å²) in [6.45, 7) is 1.94. The first-order valence-electron chi connectivity index (χ1n) is 6.95. The molecule has 2 amide bonds. The van der Waals surface area contributed by atoms with Crippen molar-refractivity contribution in [1.82, 2.24) is 5.32 Å². The van der Waals surface area contributed by atoms with Gasteiger partial charge in [-0.1, -0.05) is 29.8 Å². The third kappa shape index (κ3) is 7.10. The van der Waals surface area contributed by atoms with Crippen molar-refractivity contribution in [2.24, 2.45) is 5.16 Å². The van der Waals surface area contributed by atoms with Crippen molar-refractivity contribution in [1.29, 1.82) is 0 Å². The lowest BCUT2D eigenvalue weighted by Gasteiger charge is -2.05. The van der Waals surface area contributed by atoms with Crippen LogP contribution in [0.1, 0.15) is 32.6 Å². The zero-order chi connectivity index (χ0) is 15.5. The van der Waals surface area contributed by atoms with Crippen LogP contribution in [0.3, 0.4) is 0 Å². The molecule has 0 unspecified atom stereocenters. The van der Waals surface area contributed by atoms with Crippen LogP contribution in [0.15, 0.2) is 35.5 Å². The highest BCUT2D eigenvalue weighted by Gasteiger charge is 2.05. The van der Waals surface area contributed by atoms with Gasteiger partial charge >= 0.3 is 0 Å². The van der Waals surface area contributed by atoms with Crippen LogP contribution in [0.25, 0.3) is 0 Å². The molecule has 0 heterocycles. The van der Waals surface area contributed by atoms with Crippen molar-refractivity contribution in [2.75, 3.05) is 11.9 Å². The highest BCUT2D eigenvalue weighted by Crippen LogP contribution is 2.07. The Morgan fingerprint density at radius 2 is 1.86 bits per heavy atom. The van der Waals surface area contributed by atoms with Crippen molar-refractivity contribution >= 4 is 23.2 Å². The third-order valence-corrected chi connectivity index (χ3v) is 2.90. The molecule has 0 aliphatic carbocycles. The van der Waals surface area contributed by atoms with E-state index in [1.54, 1.807) is 0 Å². The number of hydrogen-bond acceptors (Lipinski definition) is 4. The van der Waals surface area contributed by atoms with Gasteiger partial charge in [0.2, 0.25) is 5.91 Å². The molecule has 0 aliphatic rings. The number of unbranched alkanes of at least 4 members (excludes halogenated alkanes) is 2. The average molecular weight is 291 g/mol. The Labute approximate surface area is 124 Å². The molecule has 0 radical (unpaired) electrons. The van der Waals surface area contributed by atoms with Crippen LogP contribution in [0.2, 0.25) is 0 Å². The summed E-state index contributed by atoms with van der Waals surface area (Å²) >= 11 is 0. The monoisotopic (exact) mass is 291 g/mol. The van der Waals surface area contributed by atoms with Crippen LogP contribution in [-0.2, 0) is 9.59 Å². The Morgan fingerprint density at radius 3 is 2.52 bits per heavy atom. The molecule has 0 spiro atoms. The molecule has 6 nitrogen and oxygen atoms in total. The zero-order valence-electron chi connectivity index (χ0n) is 12.1. The van der Waals surface area contributed by atoms with Crippen LogP contribution in [0, 0.1) is 0 Å². The molecule has 0 fully saturated rings. The van der Waals surface area contributed by atoms with Gasteiger partial charge in [-0.05, 0) is 31.9 Å². The summed E-state index contributed by atoms with van der Waals surface area (Å²) in [6, 6.07) is 9.33. The number of amides is 2. The molecule has 0 saturated heterocycles. The molecule has 0 aromatic heterocycles. The van der Waals surface area contributed by atoms with Crippen LogP contribution < -0.4 is 10.6 Å². The first-order chi connectivity index (χ1) is 10.1. The van der Waals surface area contributed by atoms with Crippen LogP contribution >= 0.6 is 0 Å². The molecular formula is C15H21N3O3. The molecule has 6 heteroatoms. The van der Waals surface area contributed by atoms with Gasteiger partial charge in [-0.3, -0.25) is 9.59 Å². The van der Waals surface area contributed by atoms with E-state index in [0.29, 0.717) is 13.0 Å². The van der Waals surface area contributed by atoms with Crippen molar-refractivity contribution in [2.45, 2.75) is 32.6 Å². The SMILES string of the molecule is C/C(=N\O)C(=O)NCCCCCC(=O)Nc1ccccc1. The number of carbonyl (C=O) groups is 2. The predicted octanol–water partition coefficient (Wildman–Crippen LogP) is 2.15. The van der Waals surface area contributed by atoms with E-state index < -0.39 is 0 Å². The summed E-state index contributed by atoms with van der Waals surface area (Å²) < 4.78 is 0. The zero-order valence-corrected chi connectivity index (χ0v) is 12.1. The van der Waals surface area contributed by atoms with Crippen molar-refractivity contribution in [3.8, 4) is 0 Å². The number of para-hydroxylation sites is 1. The Balaban J connectivity index is 2.06. The van der Waals surface area contributed by atoms with E-state index in [1.165, 1.54) is 6.92 Å². The maximum Gasteiger partial charge on any atom is 0.268 e. The Kier molecular flexibility index (Phi) is 7.56. The van der Waals surface area contributed by atoms with E-state index in [2.05, 4.69) is 15.8 Å². The van der Waals surface area contributed by atoms with Crippen molar-refractivity contribution in [3.05, 3.63) is 30.3 Å². The minimum Gasteiger partial charge on any atom is -0.410 e. The molecule has 0 atom stereocenters. The number of nitrogens with one attached hydrogen (secondary N) is 2. The molecule has 3 N–H and O–H groups in total. The Bertz CT molecular complexity index is 486.